The van der Waals surface area contributed by atoms with Gasteiger partial charge in [0, 0.05) is 0 Å². The third-order valence-corrected chi connectivity index (χ3v) is 6.79. The van der Waals surface area contributed by atoms with Gasteiger partial charge in [0.1, 0.15) is 5.75 Å². The van der Waals surface area contributed by atoms with E-state index in [1.807, 2.05) is 50.3 Å². The van der Waals surface area contributed by atoms with Crippen LogP contribution >= 0.6 is 11.3 Å². The summed E-state index contributed by atoms with van der Waals surface area (Å²) < 4.78 is 24.2. The van der Waals surface area contributed by atoms with Crippen LogP contribution in [0.2, 0.25) is 0 Å². The number of rotatable bonds is 9. The summed E-state index contributed by atoms with van der Waals surface area (Å²) in [5.74, 6) is 1.34. The molecule has 2 heterocycles. The molecule has 0 saturated carbocycles. The molecule has 0 bridgehead atoms. The Hall–Kier alpha value is -3.85. The molecular weight excluding hydrogens is 492 g/mol. The van der Waals surface area contributed by atoms with Gasteiger partial charge in [0.15, 0.2) is 16.3 Å². The van der Waals surface area contributed by atoms with Crippen LogP contribution in [0.4, 0.5) is 0 Å². The maximum atomic E-state index is 13.8. The normalized spacial score (nSPS) is 15.2. The van der Waals surface area contributed by atoms with Crippen molar-refractivity contribution in [2.24, 2.45) is 4.99 Å². The van der Waals surface area contributed by atoms with E-state index in [1.165, 1.54) is 11.3 Å². The molecule has 0 radical (unpaired) electrons. The van der Waals surface area contributed by atoms with E-state index >= 15 is 0 Å². The first kappa shape index (κ1) is 26.2. The molecule has 0 spiro atoms. The predicted octanol–water partition coefficient (Wildman–Crippen LogP) is 3.60. The molecule has 8 nitrogen and oxygen atoms in total. The Bertz CT molecular complexity index is 1500. The molecule has 1 aliphatic heterocycles. The average Bonchev–Trinajstić information content (AvgIpc) is 3.19. The van der Waals surface area contributed by atoms with Gasteiger partial charge in [-0.05, 0) is 69.2 Å². The van der Waals surface area contributed by atoms with Gasteiger partial charge in [0.25, 0.3) is 5.56 Å². The minimum absolute atomic E-state index is 0.206. The van der Waals surface area contributed by atoms with Crippen molar-refractivity contribution < 1.29 is 23.7 Å². The summed E-state index contributed by atoms with van der Waals surface area (Å²) in [5, 5.41) is 0. The molecule has 9 heteroatoms. The van der Waals surface area contributed by atoms with Crippen molar-refractivity contribution >= 4 is 23.4 Å². The molecule has 3 aromatic rings. The van der Waals surface area contributed by atoms with Crippen LogP contribution in [0.3, 0.4) is 0 Å². The Labute approximate surface area is 219 Å². The van der Waals surface area contributed by atoms with Crippen molar-refractivity contribution in [2.45, 2.75) is 33.7 Å². The van der Waals surface area contributed by atoms with Gasteiger partial charge >= 0.3 is 5.97 Å². The van der Waals surface area contributed by atoms with Gasteiger partial charge < -0.3 is 18.9 Å². The highest BCUT2D eigenvalue weighted by molar-refractivity contribution is 7.07. The topological polar surface area (TPSA) is 88.4 Å². The summed E-state index contributed by atoms with van der Waals surface area (Å²) in [5.41, 5.74) is 2.12. The number of nitrogens with zero attached hydrogens (tertiary/aromatic N) is 2. The van der Waals surface area contributed by atoms with Crippen LogP contribution in [0.25, 0.3) is 6.08 Å². The monoisotopic (exact) mass is 522 g/mol. The van der Waals surface area contributed by atoms with Crippen molar-refractivity contribution in [1.82, 2.24) is 4.57 Å². The molecule has 0 aliphatic carbocycles. The van der Waals surface area contributed by atoms with Crippen LogP contribution in [-0.4, -0.2) is 37.5 Å². The second kappa shape index (κ2) is 11.5. The highest BCUT2D eigenvalue weighted by atomic mass is 32.1. The largest absolute Gasteiger partial charge is 0.494 e. The van der Waals surface area contributed by atoms with Gasteiger partial charge in [-0.2, -0.15) is 0 Å². The molecule has 4 rings (SSSR count). The number of hydrogen-bond donors (Lipinski definition) is 0. The number of esters is 1. The van der Waals surface area contributed by atoms with Crippen LogP contribution < -0.4 is 29.1 Å². The molecule has 1 aromatic heterocycles. The van der Waals surface area contributed by atoms with Crippen molar-refractivity contribution in [2.75, 3.05) is 26.9 Å². The van der Waals surface area contributed by atoms with E-state index in [1.54, 1.807) is 37.7 Å². The van der Waals surface area contributed by atoms with Gasteiger partial charge in [-0.25, -0.2) is 9.79 Å². The third kappa shape index (κ3) is 5.32. The molecule has 2 aromatic carbocycles. The lowest BCUT2D eigenvalue weighted by molar-refractivity contribution is -0.139. The maximum absolute atomic E-state index is 13.8. The maximum Gasteiger partial charge on any atom is 0.338 e. The lowest BCUT2D eigenvalue weighted by atomic mass is 9.95. The number of ether oxygens (including phenoxy) is 4. The van der Waals surface area contributed by atoms with Gasteiger partial charge in [0.05, 0.1) is 48.8 Å². The van der Waals surface area contributed by atoms with Crippen LogP contribution in [0.1, 0.15) is 44.9 Å². The van der Waals surface area contributed by atoms with E-state index < -0.39 is 12.0 Å². The van der Waals surface area contributed by atoms with Gasteiger partial charge in [0.2, 0.25) is 0 Å². The Kier molecular flexibility index (Phi) is 8.13. The number of aromatic nitrogens is 1. The number of fused-ring (bicyclic) bond motifs is 1. The molecule has 1 atom stereocenters. The fraction of sp³-hybridized carbons (Fsp3) is 0.321. The summed E-state index contributed by atoms with van der Waals surface area (Å²) >= 11 is 1.28. The summed E-state index contributed by atoms with van der Waals surface area (Å²) in [6.07, 6.45) is 1.82. The number of benzene rings is 2. The Morgan fingerprint density at radius 3 is 2.41 bits per heavy atom. The van der Waals surface area contributed by atoms with Gasteiger partial charge in [-0.1, -0.05) is 29.5 Å². The number of carbonyl (C=O) groups is 1. The molecule has 194 valence electrons. The molecule has 1 aliphatic rings. The van der Waals surface area contributed by atoms with E-state index in [9.17, 15) is 9.59 Å². The second-order valence-electron chi connectivity index (χ2n) is 8.15. The lowest BCUT2D eigenvalue weighted by Crippen LogP contribution is -2.40. The molecule has 0 amide bonds. The Morgan fingerprint density at radius 1 is 1.03 bits per heavy atom. The van der Waals surface area contributed by atoms with Crippen molar-refractivity contribution in [3.63, 3.8) is 0 Å². The lowest BCUT2D eigenvalue weighted by Gasteiger charge is -2.25. The third-order valence-electron chi connectivity index (χ3n) is 5.81. The smallest absolute Gasteiger partial charge is 0.338 e. The van der Waals surface area contributed by atoms with Crippen LogP contribution in [0, 0.1) is 0 Å². The van der Waals surface area contributed by atoms with E-state index in [4.69, 9.17) is 18.9 Å². The summed E-state index contributed by atoms with van der Waals surface area (Å²) in [6, 6.07) is 12.2. The Morgan fingerprint density at radius 2 is 1.76 bits per heavy atom. The molecule has 0 saturated heterocycles. The highest BCUT2D eigenvalue weighted by Gasteiger charge is 2.34. The summed E-state index contributed by atoms with van der Waals surface area (Å²) in [6.45, 7) is 8.53. The summed E-state index contributed by atoms with van der Waals surface area (Å²) in [4.78, 5) is 32.0. The zero-order valence-corrected chi connectivity index (χ0v) is 22.4. The predicted molar refractivity (Wildman–Crippen MR) is 142 cm³/mol. The van der Waals surface area contributed by atoms with Gasteiger partial charge in [-0.3, -0.25) is 9.36 Å². The van der Waals surface area contributed by atoms with Crippen LogP contribution in [-0.2, 0) is 9.53 Å². The van der Waals surface area contributed by atoms with Crippen molar-refractivity contribution in [3.8, 4) is 17.2 Å². The minimum atomic E-state index is -0.733. The first-order chi connectivity index (χ1) is 17.9. The van der Waals surface area contributed by atoms with E-state index in [2.05, 4.69) is 4.99 Å². The van der Waals surface area contributed by atoms with Crippen molar-refractivity contribution in [1.29, 1.82) is 0 Å². The molecule has 0 unspecified atom stereocenters. The molecular formula is C28H30N2O6S. The number of carbonyl (C=O) groups excluding carboxylic acids is 1. The number of thiazole rings is 1. The number of hydrogen-bond acceptors (Lipinski definition) is 8. The second-order valence-corrected chi connectivity index (χ2v) is 9.16. The molecule has 0 fully saturated rings. The SMILES string of the molecule is CCOC(=O)C1=C(C)N=c2s/c(=C\c3ccc(OCC)cc3)c(=O)n2[C@H]1c1ccc(OC)c(OCC)c1. The first-order valence-corrected chi connectivity index (χ1v) is 13.0. The van der Waals surface area contributed by atoms with E-state index in [0.29, 0.717) is 50.9 Å². The summed E-state index contributed by atoms with van der Waals surface area (Å²) in [7, 11) is 1.57. The minimum Gasteiger partial charge on any atom is -0.494 e. The Balaban J connectivity index is 1.90. The van der Waals surface area contributed by atoms with Crippen LogP contribution in [0.5, 0.6) is 17.2 Å². The van der Waals surface area contributed by atoms with E-state index in [0.717, 1.165) is 11.3 Å². The number of allylic oxidation sites excluding steroid dienone is 1. The quantitative estimate of drug-likeness (QED) is 0.399. The number of methoxy groups -OCH3 is 1. The average molecular weight is 523 g/mol. The standard InChI is InChI=1S/C28H30N2O6S/c1-6-34-20-12-9-18(10-13-20)15-23-26(31)30-25(19-11-14-21(33-5)22(16-19)35-7-2)24(27(32)36-8-3)17(4)29-28(30)37-23/h9-16,25H,6-8H2,1-5H3/b23-15-/t25-/m0/s1. The molecule has 0 N–H and O–H groups in total. The van der Waals surface area contributed by atoms with E-state index in [-0.39, 0.29) is 12.2 Å². The fourth-order valence-corrected chi connectivity index (χ4v) is 5.26. The van der Waals surface area contributed by atoms with Crippen molar-refractivity contribution in [3.05, 3.63) is 84.5 Å². The fourth-order valence-electron chi connectivity index (χ4n) is 4.22. The zero-order valence-electron chi connectivity index (χ0n) is 21.6. The van der Waals surface area contributed by atoms with Gasteiger partial charge in [-0.15, -0.1) is 0 Å². The zero-order chi connectivity index (χ0) is 26.5. The highest BCUT2D eigenvalue weighted by Crippen LogP contribution is 2.36. The first-order valence-electron chi connectivity index (χ1n) is 12.1. The van der Waals surface area contributed by atoms with Crippen LogP contribution in [0.15, 0.2) is 63.5 Å². The molecule has 37 heavy (non-hydrogen) atoms.